The van der Waals surface area contributed by atoms with Gasteiger partial charge < -0.3 is 20.6 Å². The highest BCUT2D eigenvalue weighted by atomic mass is 16.4. The highest BCUT2D eigenvalue weighted by molar-refractivity contribution is 5.81. The molecule has 4 aliphatic rings. The number of aliphatic hydroxyl groups is 2. The van der Waals surface area contributed by atoms with Gasteiger partial charge in [0.25, 0.3) is 0 Å². The lowest BCUT2D eigenvalue weighted by molar-refractivity contribution is -0.174. The van der Waals surface area contributed by atoms with Crippen molar-refractivity contribution in [3.8, 4) is 0 Å². The molecule has 4 rings (SSSR count). The number of carboxylic acids is 1. The Morgan fingerprint density at radius 2 is 1.69 bits per heavy atom. The maximum Gasteiger partial charge on any atom is 0.322 e. The zero-order valence-electron chi connectivity index (χ0n) is 20.1. The van der Waals surface area contributed by atoms with Gasteiger partial charge in [0.15, 0.2) is 0 Å². The van der Waals surface area contributed by atoms with E-state index in [1.54, 1.807) is 0 Å². The summed E-state index contributed by atoms with van der Waals surface area (Å²) in [7, 11) is 0. The zero-order valence-corrected chi connectivity index (χ0v) is 20.1. The SMILES string of the molecule is CC(CCC(=O)NCC(=O)O)C1CC[C@H]2[C@@H]3[C@H](O)CC4C[C@H](O)CC[C@]4(C)[C@H]3CC[C@]12C. The van der Waals surface area contributed by atoms with Crippen LogP contribution in [0.5, 0.6) is 0 Å². The van der Waals surface area contributed by atoms with Crippen LogP contribution in [0.15, 0.2) is 0 Å². The summed E-state index contributed by atoms with van der Waals surface area (Å²) in [5.74, 6) is 1.66. The first-order chi connectivity index (χ1) is 15.1. The van der Waals surface area contributed by atoms with Gasteiger partial charge in [0, 0.05) is 6.42 Å². The molecular weight excluding hydrogens is 406 g/mol. The van der Waals surface area contributed by atoms with E-state index in [1.807, 2.05) is 0 Å². The molecule has 6 heteroatoms. The number of nitrogens with one attached hydrogen (secondary N) is 1. The van der Waals surface area contributed by atoms with Crippen LogP contribution in [-0.2, 0) is 9.59 Å². The smallest absolute Gasteiger partial charge is 0.322 e. The fraction of sp³-hybridized carbons (Fsp3) is 0.923. The molecule has 1 amide bonds. The van der Waals surface area contributed by atoms with Gasteiger partial charge in [-0.2, -0.15) is 0 Å². The molecule has 0 heterocycles. The van der Waals surface area contributed by atoms with Gasteiger partial charge in [0.2, 0.25) is 5.91 Å². The molecular formula is C26H43NO5. The first kappa shape index (κ1) is 24.0. The van der Waals surface area contributed by atoms with E-state index in [4.69, 9.17) is 5.11 Å². The van der Waals surface area contributed by atoms with E-state index < -0.39 is 5.97 Å². The summed E-state index contributed by atoms with van der Waals surface area (Å²) in [5, 5.41) is 32.8. The molecule has 4 aliphatic carbocycles. The summed E-state index contributed by atoms with van der Waals surface area (Å²) in [4.78, 5) is 22.7. The standard InChI is InChI=1S/C26H43NO5/c1-15(4-7-22(30)27-14-23(31)32)18-5-6-19-24-20(9-11-26(18,19)3)25(2)10-8-17(28)12-16(25)13-21(24)29/h15-21,24,28-29H,4-14H2,1-3H3,(H,27,30)(H,31,32)/t15?,16?,17-,18?,19+,20+,21-,24+,25+,26-/m1/s1. The number of aliphatic carboxylic acids is 1. The highest BCUT2D eigenvalue weighted by Crippen LogP contribution is 2.68. The van der Waals surface area contributed by atoms with Crippen molar-refractivity contribution in [2.24, 2.45) is 46.3 Å². The number of hydrogen-bond donors (Lipinski definition) is 4. The predicted octanol–water partition coefficient (Wildman–Crippen LogP) is 3.59. The molecule has 0 aromatic heterocycles. The van der Waals surface area contributed by atoms with E-state index in [1.165, 1.54) is 12.8 Å². The Kier molecular flexibility index (Phi) is 6.68. The van der Waals surface area contributed by atoms with Crippen LogP contribution in [0.4, 0.5) is 0 Å². The van der Waals surface area contributed by atoms with Gasteiger partial charge in [-0.25, -0.2) is 0 Å². The summed E-state index contributed by atoms with van der Waals surface area (Å²) in [5.41, 5.74) is 0.451. The molecule has 182 valence electrons. The zero-order chi connectivity index (χ0) is 23.3. The highest BCUT2D eigenvalue weighted by Gasteiger charge is 2.62. The van der Waals surface area contributed by atoms with Gasteiger partial charge in [-0.3, -0.25) is 9.59 Å². The molecule has 4 fully saturated rings. The molecule has 10 atom stereocenters. The Morgan fingerprint density at radius 1 is 1.00 bits per heavy atom. The van der Waals surface area contributed by atoms with Crippen molar-refractivity contribution in [2.45, 2.75) is 97.2 Å². The summed E-state index contributed by atoms with van der Waals surface area (Å²) >= 11 is 0. The fourth-order valence-corrected chi connectivity index (χ4v) is 9.00. The molecule has 0 spiro atoms. The number of rotatable bonds is 6. The maximum absolute atomic E-state index is 12.0. The number of hydrogen-bond acceptors (Lipinski definition) is 4. The van der Waals surface area contributed by atoms with Gasteiger partial charge in [0.05, 0.1) is 12.2 Å². The van der Waals surface area contributed by atoms with E-state index in [0.29, 0.717) is 41.9 Å². The Balaban J connectivity index is 1.44. The molecule has 0 bridgehead atoms. The first-order valence-electron chi connectivity index (χ1n) is 12.9. The van der Waals surface area contributed by atoms with Crippen molar-refractivity contribution in [1.82, 2.24) is 5.32 Å². The molecule has 4 saturated carbocycles. The van der Waals surface area contributed by atoms with Gasteiger partial charge in [0.1, 0.15) is 6.54 Å². The molecule has 0 aromatic rings. The van der Waals surface area contributed by atoms with Crippen molar-refractivity contribution >= 4 is 11.9 Å². The second kappa shape index (κ2) is 8.90. The van der Waals surface area contributed by atoms with Gasteiger partial charge in [-0.15, -0.1) is 0 Å². The van der Waals surface area contributed by atoms with Gasteiger partial charge in [-0.1, -0.05) is 20.8 Å². The first-order valence-corrected chi connectivity index (χ1v) is 12.9. The van der Waals surface area contributed by atoms with Gasteiger partial charge >= 0.3 is 5.97 Å². The summed E-state index contributed by atoms with van der Waals surface area (Å²) in [6.07, 6.45) is 9.06. The molecule has 4 N–H and O–H groups in total. The van der Waals surface area contributed by atoms with Crippen LogP contribution >= 0.6 is 0 Å². The van der Waals surface area contributed by atoms with Crippen molar-refractivity contribution in [3.05, 3.63) is 0 Å². The Labute approximate surface area is 192 Å². The lowest BCUT2D eigenvalue weighted by atomic mass is 9.43. The minimum Gasteiger partial charge on any atom is -0.480 e. The van der Waals surface area contributed by atoms with E-state index in [2.05, 4.69) is 26.1 Å². The van der Waals surface area contributed by atoms with E-state index in [0.717, 1.165) is 44.9 Å². The summed E-state index contributed by atoms with van der Waals surface area (Å²) in [6, 6.07) is 0. The van der Waals surface area contributed by atoms with Crippen LogP contribution in [0.3, 0.4) is 0 Å². The average Bonchev–Trinajstić information content (AvgIpc) is 3.09. The largest absolute Gasteiger partial charge is 0.480 e. The number of amides is 1. The lowest BCUT2D eigenvalue weighted by Crippen LogP contribution is -2.58. The van der Waals surface area contributed by atoms with Crippen LogP contribution in [-0.4, -0.2) is 45.9 Å². The lowest BCUT2D eigenvalue weighted by Gasteiger charge is -2.62. The molecule has 6 nitrogen and oxygen atoms in total. The topological polar surface area (TPSA) is 107 Å². The molecule has 32 heavy (non-hydrogen) atoms. The van der Waals surface area contributed by atoms with Crippen LogP contribution in [0.1, 0.15) is 85.0 Å². The van der Waals surface area contributed by atoms with E-state index in [-0.39, 0.29) is 35.5 Å². The van der Waals surface area contributed by atoms with Crippen molar-refractivity contribution in [2.75, 3.05) is 6.54 Å². The van der Waals surface area contributed by atoms with Crippen molar-refractivity contribution in [1.29, 1.82) is 0 Å². The third-order valence-electron chi connectivity index (χ3n) is 10.7. The van der Waals surface area contributed by atoms with E-state index >= 15 is 0 Å². The average molecular weight is 450 g/mol. The van der Waals surface area contributed by atoms with Crippen LogP contribution in [0.2, 0.25) is 0 Å². The van der Waals surface area contributed by atoms with E-state index in [9.17, 15) is 19.8 Å². The third kappa shape index (κ3) is 4.11. The van der Waals surface area contributed by atoms with Gasteiger partial charge in [-0.05, 0) is 104 Å². The summed E-state index contributed by atoms with van der Waals surface area (Å²) < 4.78 is 0. The van der Waals surface area contributed by atoms with Crippen molar-refractivity contribution < 1.29 is 24.9 Å². The Hall–Kier alpha value is -1.14. The number of carbonyl (C=O) groups is 2. The van der Waals surface area contributed by atoms with Crippen LogP contribution in [0.25, 0.3) is 0 Å². The molecule has 3 unspecified atom stereocenters. The Morgan fingerprint density at radius 3 is 2.41 bits per heavy atom. The van der Waals surface area contributed by atoms with Crippen LogP contribution in [0, 0.1) is 46.3 Å². The maximum atomic E-state index is 12.0. The molecule has 0 aromatic carbocycles. The molecule has 0 aliphatic heterocycles. The quantitative estimate of drug-likeness (QED) is 0.496. The third-order valence-corrected chi connectivity index (χ3v) is 10.7. The fourth-order valence-electron chi connectivity index (χ4n) is 9.00. The number of carbonyl (C=O) groups excluding carboxylic acids is 1. The number of aliphatic hydroxyl groups excluding tert-OH is 2. The molecule has 0 radical (unpaired) electrons. The summed E-state index contributed by atoms with van der Waals surface area (Å²) in [6.45, 7) is 6.83. The molecule has 0 saturated heterocycles. The normalized spacial score (nSPS) is 46.5. The van der Waals surface area contributed by atoms with Crippen LogP contribution < -0.4 is 5.32 Å². The monoisotopic (exact) mass is 449 g/mol. The minimum atomic E-state index is -1.01. The number of carboxylic acid groups (broad SMARTS) is 1. The second-order valence-corrected chi connectivity index (χ2v) is 12.1. The van der Waals surface area contributed by atoms with Crippen molar-refractivity contribution in [3.63, 3.8) is 0 Å². The number of fused-ring (bicyclic) bond motifs is 5. The predicted molar refractivity (Wildman–Crippen MR) is 122 cm³/mol. The second-order valence-electron chi connectivity index (χ2n) is 12.1. The minimum absolute atomic E-state index is 0.177. The Bertz CT molecular complexity index is 727.